The second-order valence-corrected chi connectivity index (χ2v) is 4.31. The van der Waals surface area contributed by atoms with Crippen LogP contribution in [-0.2, 0) is 0 Å². The molecule has 1 fully saturated rings. The Morgan fingerprint density at radius 3 is 2.93 bits per heavy atom. The van der Waals surface area contributed by atoms with Gasteiger partial charge in [-0.3, -0.25) is 0 Å². The van der Waals surface area contributed by atoms with E-state index in [4.69, 9.17) is 23.2 Å². The van der Waals surface area contributed by atoms with Crippen LogP contribution in [0.25, 0.3) is 0 Å². The minimum Gasteiger partial charge on any atom is -0.367 e. The Balaban J connectivity index is 2.19. The second kappa shape index (κ2) is 4.51. The van der Waals surface area contributed by atoms with Crippen molar-refractivity contribution in [2.75, 3.05) is 25.0 Å². The molecular weight excluding hydrogens is 235 g/mol. The van der Waals surface area contributed by atoms with Gasteiger partial charge in [0, 0.05) is 25.2 Å². The quantitative estimate of drug-likeness (QED) is 0.861. The zero-order chi connectivity index (χ0) is 10.8. The number of nitrogens with one attached hydrogen (secondary N) is 1. The molecule has 0 aliphatic carbocycles. The first-order chi connectivity index (χ1) is 7.20. The lowest BCUT2D eigenvalue weighted by Gasteiger charge is -2.18. The van der Waals surface area contributed by atoms with Crippen LogP contribution in [0, 0.1) is 0 Å². The normalized spacial score (nSPS) is 21.0. The Hall–Kier alpha value is -0.580. The van der Waals surface area contributed by atoms with Crippen molar-refractivity contribution in [3.63, 3.8) is 0 Å². The zero-order valence-corrected chi connectivity index (χ0v) is 9.89. The molecule has 1 saturated heterocycles. The first-order valence-corrected chi connectivity index (χ1v) is 5.57. The van der Waals surface area contributed by atoms with Crippen molar-refractivity contribution in [3.05, 3.63) is 16.4 Å². The maximum atomic E-state index is 5.97. The van der Waals surface area contributed by atoms with Gasteiger partial charge in [0.15, 0.2) is 10.3 Å². The molecule has 1 aromatic rings. The number of aromatic nitrogens is 2. The largest absolute Gasteiger partial charge is 0.367 e. The summed E-state index contributed by atoms with van der Waals surface area (Å²) in [6.45, 7) is 1.89. The third kappa shape index (κ3) is 2.33. The van der Waals surface area contributed by atoms with Crippen LogP contribution in [0.4, 0.5) is 5.69 Å². The highest BCUT2D eigenvalue weighted by Gasteiger charge is 2.23. The molecule has 0 aromatic carbocycles. The molecule has 1 unspecified atom stereocenters. The molecule has 1 atom stereocenters. The third-order valence-electron chi connectivity index (χ3n) is 2.64. The van der Waals surface area contributed by atoms with Crippen LogP contribution >= 0.6 is 23.2 Å². The maximum Gasteiger partial charge on any atom is 0.175 e. The molecule has 0 amide bonds. The van der Waals surface area contributed by atoms with Crippen molar-refractivity contribution in [1.29, 1.82) is 0 Å². The van der Waals surface area contributed by atoms with Gasteiger partial charge in [-0.1, -0.05) is 23.2 Å². The molecule has 0 bridgehead atoms. The van der Waals surface area contributed by atoms with Crippen molar-refractivity contribution < 1.29 is 0 Å². The van der Waals surface area contributed by atoms with Gasteiger partial charge in [-0.2, -0.15) is 0 Å². The number of halogens is 2. The molecule has 1 aromatic heterocycles. The molecule has 1 N–H and O–H groups in total. The lowest BCUT2D eigenvalue weighted by Crippen LogP contribution is -2.29. The molecule has 6 heteroatoms. The first kappa shape index (κ1) is 10.9. The van der Waals surface area contributed by atoms with E-state index in [0.29, 0.717) is 16.3 Å². The SMILES string of the molecule is CNC1CCN(c2cc(Cl)nnc2Cl)C1. The van der Waals surface area contributed by atoms with Gasteiger partial charge in [-0.25, -0.2) is 0 Å². The minimum absolute atomic E-state index is 0.377. The average molecular weight is 247 g/mol. The van der Waals surface area contributed by atoms with Gasteiger partial charge in [0.2, 0.25) is 0 Å². The fraction of sp³-hybridized carbons (Fsp3) is 0.556. The molecule has 1 aliphatic heterocycles. The van der Waals surface area contributed by atoms with Gasteiger partial charge in [0.25, 0.3) is 0 Å². The van der Waals surface area contributed by atoms with E-state index in [2.05, 4.69) is 20.4 Å². The molecule has 0 radical (unpaired) electrons. The first-order valence-electron chi connectivity index (χ1n) is 4.81. The summed E-state index contributed by atoms with van der Waals surface area (Å²) in [6.07, 6.45) is 1.10. The van der Waals surface area contributed by atoms with Crippen molar-refractivity contribution >= 4 is 28.9 Å². The van der Waals surface area contributed by atoms with E-state index in [1.54, 1.807) is 6.07 Å². The smallest absolute Gasteiger partial charge is 0.175 e. The van der Waals surface area contributed by atoms with Crippen LogP contribution in [0.1, 0.15) is 6.42 Å². The van der Waals surface area contributed by atoms with Crippen LogP contribution in [0.3, 0.4) is 0 Å². The summed E-state index contributed by atoms with van der Waals surface area (Å²) in [7, 11) is 1.97. The summed E-state index contributed by atoms with van der Waals surface area (Å²) >= 11 is 11.8. The van der Waals surface area contributed by atoms with Gasteiger partial charge in [-0.05, 0) is 13.5 Å². The van der Waals surface area contributed by atoms with E-state index in [9.17, 15) is 0 Å². The van der Waals surface area contributed by atoms with E-state index < -0.39 is 0 Å². The molecule has 2 heterocycles. The van der Waals surface area contributed by atoms with Gasteiger partial charge in [-0.15, -0.1) is 10.2 Å². The molecule has 15 heavy (non-hydrogen) atoms. The monoisotopic (exact) mass is 246 g/mol. The third-order valence-corrected chi connectivity index (χ3v) is 3.09. The Bertz CT molecular complexity index is 358. The van der Waals surface area contributed by atoms with Crippen LogP contribution in [0.5, 0.6) is 0 Å². The van der Waals surface area contributed by atoms with Crippen LogP contribution in [-0.4, -0.2) is 36.4 Å². The van der Waals surface area contributed by atoms with Gasteiger partial charge in [0.1, 0.15) is 0 Å². The summed E-state index contributed by atoms with van der Waals surface area (Å²) in [5.41, 5.74) is 0.870. The van der Waals surface area contributed by atoms with Crippen molar-refractivity contribution in [2.45, 2.75) is 12.5 Å². The topological polar surface area (TPSA) is 41.0 Å². The lowest BCUT2D eigenvalue weighted by molar-refractivity contribution is 0.617. The summed E-state index contributed by atoms with van der Waals surface area (Å²) in [5, 5.41) is 11.5. The van der Waals surface area contributed by atoms with Crippen LogP contribution in [0.2, 0.25) is 10.3 Å². The fourth-order valence-electron chi connectivity index (χ4n) is 1.78. The van der Waals surface area contributed by atoms with Crippen molar-refractivity contribution in [2.24, 2.45) is 0 Å². The molecule has 2 rings (SSSR count). The number of hydrogen-bond donors (Lipinski definition) is 1. The Kier molecular flexibility index (Phi) is 3.29. The molecule has 4 nitrogen and oxygen atoms in total. The number of rotatable bonds is 2. The predicted molar refractivity (Wildman–Crippen MR) is 61.7 cm³/mol. The Morgan fingerprint density at radius 2 is 2.27 bits per heavy atom. The summed E-state index contributed by atoms with van der Waals surface area (Å²) in [4.78, 5) is 2.17. The van der Waals surface area contributed by atoms with Crippen molar-refractivity contribution in [3.8, 4) is 0 Å². The maximum absolute atomic E-state index is 5.97. The summed E-state index contributed by atoms with van der Waals surface area (Å²) in [5.74, 6) is 0. The highest BCUT2D eigenvalue weighted by molar-refractivity contribution is 6.33. The van der Waals surface area contributed by atoms with E-state index in [1.807, 2.05) is 7.05 Å². The highest BCUT2D eigenvalue weighted by Crippen LogP contribution is 2.28. The summed E-state index contributed by atoms with van der Waals surface area (Å²) < 4.78 is 0. The van der Waals surface area contributed by atoms with Gasteiger partial charge in [0.05, 0.1) is 5.69 Å². The number of nitrogens with zero attached hydrogens (tertiary/aromatic N) is 3. The number of likely N-dealkylation sites (N-methyl/N-ethyl adjacent to an activating group) is 1. The second-order valence-electron chi connectivity index (χ2n) is 3.56. The predicted octanol–water partition coefficient (Wildman–Crippen LogP) is 1.58. The zero-order valence-electron chi connectivity index (χ0n) is 8.37. The standard InChI is InChI=1S/C9H12Cl2N4/c1-12-6-2-3-15(5-6)7-4-8(10)13-14-9(7)11/h4,6,12H,2-3,5H2,1H3. The van der Waals surface area contributed by atoms with Gasteiger partial charge >= 0.3 is 0 Å². The van der Waals surface area contributed by atoms with Gasteiger partial charge < -0.3 is 10.2 Å². The lowest BCUT2D eigenvalue weighted by atomic mass is 10.3. The highest BCUT2D eigenvalue weighted by atomic mass is 35.5. The fourth-order valence-corrected chi connectivity index (χ4v) is 2.13. The summed E-state index contributed by atoms with van der Waals surface area (Å²) in [6, 6.07) is 2.27. The molecule has 0 saturated carbocycles. The van der Waals surface area contributed by atoms with Crippen LogP contribution < -0.4 is 10.2 Å². The number of hydrogen-bond acceptors (Lipinski definition) is 4. The Labute approximate surface area is 98.6 Å². The molecule has 82 valence electrons. The van der Waals surface area contributed by atoms with E-state index in [1.165, 1.54) is 0 Å². The van der Waals surface area contributed by atoms with Crippen molar-refractivity contribution in [1.82, 2.24) is 15.5 Å². The number of anilines is 1. The Morgan fingerprint density at radius 1 is 1.47 bits per heavy atom. The van der Waals surface area contributed by atoms with Crippen LogP contribution in [0.15, 0.2) is 6.07 Å². The molecule has 1 aliphatic rings. The minimum atomic E-state index is 0.377. The van der Waals surface area contributed by atoms with E-state index >= 15 is 0 Å². The van der Waals surface area contributed by atoms with E-state index in [-0.39, 0.29) is 0 Å². The molecular formula is C9H12Cl2N4. The average Bonchev–Trinajstić information content (AvgIpc) is 2.70. The molecule has 0 spiro atoms. The van der Waals surface area contributed by atoms with E-state index in [0.717, 1.165) is 25.2 Å².